The van der Waals surface area contributed by atoms with Gasteiger partial charge in [-0.15, -0.1) is 0 Å². The highest BCUT2D eigenvalue weighted by molar-refractivity contribution is 5.59. The maximum atomic E-state index is 11.5. The lowest BCUT2D eigenvalue weighted by Gasteiger charge is -2.21. The number of hydrogen-bond acceptors (Lipinski definition) is 5. The van der Waals surface area contributed by atoms with Crippen molar-refractivity contribution in [2.75, 3.05) is 39.5 Å². The highest BCUT2D eigenvalue weighted by atomic mass is 16.7. The summed E-state index contributed by atoms with van der Waals surface area (Å²) in [4.78, 5) is 13.8. The molecule has 165 valence electrons. The number of rotatable bonds is 20. The molecule has 0 aromatic carbocycles. The van der Waals surface area contributed by atoms with Gasteiger partial charge in [0.1, 0.15) is 0 Å². The average Bonchev–Trinajstić information content (AvgIpc) is 2.69. The van der Waals surface area contributed by atoms with Gasteiger partial charge in [0.2, 0.25) is 0 Å². The minimum atomic E-state index is -0.563. The van der Waals surface area contributed by atoms with Crippen LogP contribution in [0.15, 0.2) is 12.2 Å². The molecule has 0 unspecified atom stereocenters. The van der Waals surface area contributed by atoms with Crippen LogP contribution in [0.5, 0.6) is 0 Å². The van der Waals surface area contributed by atoms with E-state index in [1.807, 2.05) is 0 Å². The van der Waals surface area contributed by atoms with Gasteiger partial charge in [0.05, 0.1) is 19.8 Å². The van der Waals surface area contributed by atoms with E-state index in [0.717, 1.165) is 58.2 Å². The molecular weight excluding hydrogens is 354 g/mol. The summed E-state index contributed by atoms with van der Waals surface area (Å²) in [5.41, 5.74) is 0. The minimum Gasteiger partial charge on any atom is -0.434 e. The summed E-state index contributed by atoms with van der Waals surface area (Å²) in [6.45, 7) is 9.82. The van der Waals surface area contributed by atoms with Crippen LogP contribution in [0, 0.1) is 6.92 Å². The standard InChI is InChI=1S/C23H44NO4/c1-3-5-7-9-10-11-15-21-27-23(26)28-22-16-12-14-18-24(19-20-25)17-13-8-6-4-2/h10-11,25H,2-9,12-22H2,1H3/b11-10-. The Morgan fingerprint density at radius 1 is 0.857 bits per heavy atom. The quantitative estimate of drug-likeness (QED) is 0.166. The Morgan fingerprint density at radius 2 is 1.54 bits per heavy atom. The third-order valence-corrected chi connectivity index (χ3v) is 4.62. The molecule has 0 saturated heterocycles. The first-order valence-corrected chi connectivity index (χ1v) is 11.3. The van der Waals surface area contributed by atoms with Gasteiger partial charge in [-0.25, -0.2) is 4.79 Å². The predicted octanol–water partition coefficient (Wildman–Crippen LogP) is 5.53. The summed E-state index contributed by atoms with van der Waals surface area (Å²) >= 11 is 0. The third-order valence-electron chi connectivity index (χ3n) is 4.62. The molecule has 1 radical (unpaired) electrons. The number of hydrogen-bond donors (Lipinski definition) is 1. The van der Waals surface area contributed by atoms with E-state index in [2.05, 4.69) is 30.9 Å². The Bertz CT molecular complexity index is 361. The minimum absolute atomic E-state index is 0.207. The van der Waals surface area contributed by atoms with E-state index in [0.29, 0.717) is 13.2 Å². The number of aliphatic hydroxyl groups is 1. The molecule has 0 fully saturated rings. The molecular formula is C23H44NO4. The van der Waals surface area contributed by atoms with E-state index >= 15 is 0 Å². The van der Waals surface area contributed by atoms with Gasteiger partial charge in [-0.1, -0.05) is 58.1 Å². The molecule has 0 spiro atoms. The Kier molecular flexibility index (Phi) is 21.4. The largest absolute Gasteiger partial charge is 0.508 e. The van der Waals surface area contributed by atoms with Gasteiger partial charge >= 0.3 is 6.16 Å². The van der Waals surface area contributed by atoms with Crippen molar-refractivity contribution < 1.29 is 19.4 Å². The first kappa shape index (κ1) is 26.9. The van der Waals surface area contributed by atoms with Gasteiger partial charge in [0, 0.05) is 6.54 Å². The zero-order valence-corrected chi connectivity index (χ0v) is 18.2. The molecule has 0 heterocycles. The molecule has 0 aliphatic carbocycles. The molecule has 5 nitrogen and oxygen atoms in total. The van der Waals surface area contributed by atoms with Gasteiger partial charge in [0.15, 0.2) is 0 Å². The fraction of sp³-hybridized carbons (Fsp3) is 0.826. The molecule has 0 aliphatic rings. The monoisotopic (exact) mass is 398 g/mol. The SMILES string of the molecule is [CH2]CCCCCN(CCO)CCCCCOC(=O)OCC/C=C\CCCCC. The van der Waals surface area contributed by atoms with E-state index in [4.69, 9.17) is 14.6 Å². The van der Waals surface area contributed by atoms with Crippen molar-refractivity contribution >= 4 is 6.16 Å². The first-order chi connectivity index (χ1) is 13.7. The number of allylic oxidation sites excluding steroid dienone is 1. The van der Waals surface area contributed by atoms with Crippen LogP contribution in [-0.4, -0.2) is 55.6 Å². The molecule has 1 N–H and O–H groups in total. The lowest BCUT2D eigenvalue weighted by Crippen LogP contribution is -2.29. The summed E-state index contributed by atoms with van der Waals surface area (Å²) < 4.78 is 10.2. The van der Waals surface area contributed by atoms with Crippen LogP contribution >= 0.6 is 0 Å². The number of unbranched alkanes of at least 4 members (excludes halogenated alkanes) is 8. The smallest absolute Gasteiger partial charge is 0.434 e. The molecule has 0 rings (SSSR count). The average molecular weight is 399 g/mol. The number of carbonyl (C=O) groups is 1. The Hall–Kier alpha value is -1.07. The van der Waals surface area contributed by atoms with Crippen LogP contribution in [0.3, 0.4) is 0 Å². The van der Waals surface area contributed by atoms with Crippen molar-refractivity contribution in [2.24, 2.45) is 0 Å². The molecule has 0 aromatic rings. The fourth-order valence-corrected chi connectivity index (χ4v) is 2.94. The van der Waals surface area contributed by atoms with Crippen LogP contribution in [-0.2, 0) is 9.47 Å². The molecule has 0 amide bonds. The molecule has 0 aromatic heterocycles. The van der Waals surface area contributed by atoms with Crippen LogP contribution < -0.4 is 0 Å². The van der Waals surface area contributed by atoms with Crippen molar-refractivity contribution in [1.82, 2.24) is 4.90 Å². The van der Waals surface area contributed by atoms with Crippen LogP contribution in [0.25, 0.3) is 0 Å². The summed E-state index contributed by atoms with van der Waals surface area (Å²) in [7, 11) is 0. The summed E-state index contributed by atoms with van der Waals surface area (Å²) in [5.74, 6) is 0. The first-order valence-electron chi connectivity index (χ1n) is 11.3. The molecule has 0 atom stereocenters. The van der Waals surface area contributed by atoms with E-state index in [1.54, 1.807) is 0 Å². The van der Waals surface area contributed by atoms with Crippen molar-refractivity contribution in [3.63, 3.8) is 0 Å². The van der Waals surface area contributed by atoms with Gasteiger partial charge in [-0.3, -0.25) is 0 Å². The Labute approximate surface area is 173 Å². The lowest BCUT2D eigenvalue weighted by atomic mass is 10.2. The summed E-state index contributed by atoms with van der Waals surface area (Å²) in [6.07, 6.45) is 16.7. The number of carbonyl (C=O) groups excluding carboxylic acids is 1. The van der Waals surface area contributed by atoms with E-state index in [1.165, 1.54) is 38.5 Å². The summed E-state index contributed by atoms with van der Waals surface area (Å²) in [5, 5.41) is 9.17. The maximum absolute atomic E-state index is 11.5. The van der Waals surface area contributed by atoms with Gasteiger partial charge in [-0.05, 0) is 58.0 Å². The normalized spacial score (nSPS) is 11.4. The lowest BCUT2D eigenvalue weighted by molar-refractivity contribution is 0.0551. The summed E-state index contributed by atoms with van der Waals surface area (Å²) in [6, 6.07) is 0. The number of aliphatic hydroxyl groups excluding tert-OH is 1. The van der Waals surface area contributed by atoms with Crippen molar-refractivity contribution in [3.8, 4) is 0 Å². The second kappa shape index (κ2) is 22.2. The van der Waals surface area contributed by atoms with E-state index in [-0.39, 0.29) is 6.61 Å². The van der Waals surface area contributed by atoms with Crippen molar-refractivity contribution in [1.29, 1.82) is 0 Å². The van der Waals surface area contributed by atoms with Gasteiger partial charge < -0.3 is 19.5 Å². The van der Waals surface area contributed by atoms with Crippen LogP contribution in [0.4, 0.5) is 4.79 Å². The molecule has 0 aliphatic heterocycles. The molecule has 0 bridgehead atoms. The van der Waals surface area contributed by atoms with E-state index < -0.39 is 6.16 Å². The van der Waals surface area contributed by atoms with Gasteiger partial charge in [0.25, 0.3) is 0 Å². The number of ether oxygens (including phenoxy) is 2. The Morgan fingerprint density at radius 3 is 2.21 bits per heavy atom. The highest BCUT2D eigenvalue weighted by Crippen LogP contribution is 2.05. The molecule has 0 saturated carbocycles. The maximum Gasteiger partial charge on any atom is 0.508 e. The van der Waals surface area contributed by atoms with Crippen LogP contribution in [0.2, 0.25) is 0 Å². The Balaban J connectivity index is 3.52. The predicted molar refractivity (Wildman–Crippen MR) is 116 cm³/mol. The number of nitrogens with zero attached hydrogens (tertiary/aromatic N) is 1. The highest BCUT2D eigenvalue weighted by Gasteiger charge is 2.05. The third kappa shape index (κ3) is 19.7. The zero-order valence-electron chi connectivity index (χ0n) is 18.2. The molecule has 5 heteroatoms. The van der Waals surface area contributed by atoms with Crippen molar-refractivity contribution in [3.05, 3.63) is 19.1 Å². The second-order valence-corrected chi connectivity index (χ2v) is 7.24. The van der Waals surface area contributed by atoms with Crippen molar-refractivity contribution in [2.45, 2.75) is 84.0 Å². The van der Waals surface area contributed by atoms with Gasteiger partial charge in [-0.2, -0.15) is 0 Å². The topological polar surface area (TPSA) is 59.0 Å². The van der Waals surface area contributed by atoms with Crippen LogP contribution in [0.1, 0.15) is 84.0 Å². The second-order valence-electron chi connectivity index (χ2n) is 7.24. The van der Waals surface area contributed by atoms with E-state index in [9.17, 15) is 4.79 Å². The fourth-order valence-electron chi connectivity index (χ4n) is 2.94. The molecule has 28 heavy (non-hydrogen) atoms. The zero-order chi connectivity index (χ0) is 20.7.